The summed E-state index contributed by atoms with van der Waals surface area (Å²) in [7, 11) is 2.76. The van der Waals surface area contributed by atoms with E-state index in [9.17, 15) is 9.18 Å². The number of piperidine rings is 1. The van der Waals surface area contributed by atoms with E-state index in [-0.39, 0.29) is 29.3 Å². The van der Waals surface area contributed by atoms with Gasteiger partial charge in [0.2, 0.25) is 5.91 Å². The predicted molar refractivity (Wildman–Crippen MR) is 102 cm³/mol. The maximum absolute atomic E-state index is 13.9. The number of likely N-dealkylation sites (tertiary alicyclic amines) is 1. The number of hydrogen-bond acceptors (Lipinski definition) is 3. The smallest absolute Gasteiger partial charge is 0.217 e. The van der Waals surface area contributed by atoms with Crippen LogP contribution < -0.4 is 5.32 Å². The van der Waals surface area contributed by atoms with E-state index in [0.717, 1.165) is 5.56 Å². The maximum atomic E-state index is 13.9. The molecule has 0 bridgehead atoms. The molecule has 1 aromatic rings. The molecule has 2 rings (SSSR count). The lowest BCUT2D eigenvalue weighted by Gasteiger charge is -2.44. The number of ether oxygens (including phenoxy) is 1. The van der Waals surface area contributed by atoms with Crippen molar-refractivity contribution < 1.29 is 13.9 Å². The van der Waals surface area contributed by atoms with Crippen LogP contribution in [0.3, 0.4) is 0 Å². The summed E-state index contributed by atoms with van der Waals surface area (Å²) in [6.07, 6.45) is 0.402. The van der Waals surface area contributed by atoms with Gasteiger partial charge in [-0.1, -0.05) is 44.2 Å². The first-order chi connectivity index (χ1) is 11.8. The van der Waals surface area contributed by atoms with E-state index in [1.165, 1.54) is 6.92 Å². The van der Waals surface area contributed by atoms with E-state index in [2.05, 4.69) is 33.3 Å². The van der Waals surface area contributed by atoms with Crippen LogP contribution >= 0.6 is 9.24 Å². The molecule has 0 spiro atoms. The highest BCUT2D eigenvalue weighted by atomic mass is 31.0. The van der Waals surface area contributed by atoms with Crippen molar-refractivity contribution in [2.24, 2.45) is 0 Å². The standard InChI is InChI=1S/C19H30FN2O2P/c1-14(23)21-16-9-18(24-13-19(2,3)25)17(10-20)22(12-16)11-15-7-5-4-6-8-15/h4-8,16-18H,9-13,25H2,1-3H3,(H,21,23). The summed E-state index contributed by atoms with van der Waals surface area (Å²) in [5.74, 6) is -0.0616. The third-order valence-corrected chi connectivity index (χ3v) is 4.50. The summed E-state index contributed by atoms with van der Waals surface area (Å²) in [4.78, 5) is 13.6. The molecule has 140 valence electrons. The van der Waals surface area contributed by atoms with Crippen molar-refractivity contribution in [2.75, 3.05) is 19.8 Å². The maximum Gasteiger partial charge on any atom is 0.217 e. The highest BCUT2D eigenvalue weighted by Gasteiger charge is 2.37. The highest BCUT2D eigenvalue weighted by molar-refractivity contribution is 7.18. The van der Waals surface area contributed by atoms with Gasteiger partial charge < -0.3 is 10.1 Å². The Morgan fingerprint density at radius 2 is 2.08 bits per heavy atom. The fourth-order valence-electron chi connectivity index (χ4n) is 3.26. The van der Waals surface area contributed by atoms with Crippen LogP contribution in [0.15, 0.2) is 30.3 Å². The zero-order valence-electron chi connectivity index (χ0n) is 15.4. The average molecular weight is 368 g/mol. The second-order valence-electron chi connectivity index (χ2n) is 7.61. The van der Waals surface area contributed by atoms with Gasteiger partial charge >= 0.3 is 0 Å². The monoisotopic (exact) mass is 368 g/mol. The molecule has 25 heavy (non-hydrogen) atoms. The van der Waals surface area contributed by atoms with Crippen molar-refractivity contribution >= 4 is 15.1 Å². The summed E-state index contributed by atoms with van der Waals surface area (Å²) in [5, 5.41) is 2.92. The van der Waals surface area contributed by atoms with Gasteiger partial charge in [-0.05, 0) is 12.0 Å². The number of halogens is 1. The first kappa shape index (κ1) is 20.3. The number of hydrogen-bond donors (Lipinski definition) is 1. The van der Waals surface area contributed by atoms with E-state index < -0.39 is 6.67 Å². The lowest BCUT2D eigenvalue weighted by atomic mass is 9.94. The molecule has 4 unspecified atom stereocenters. The minimum absolute atomic E-state index is 0.0263. The van der Waals surface area contributed by atoms with Crippen molar-refractivity contribution in [3.63, 3.8) is 0 Å². The normalized spacial score (nSPS) is 24.9. The number of benzene rings is 1. The Hall–Kier alpha value is -1.03. The number of alkyl halides is 1. The topological polar surface area (TPSA) is 41.6 Å². The van der Waals surface area contributed by atoms with E-state index in [0.29, 0.717) is 26.1 Å². The van der Waals surface area contributed by atoms with Crippen molar-refractivity contribution in [3.8, 4) is 0 Å². The Labute approximate surface area is 152 Å². The zero-order chi connectivity index (χ0) is 18.4. The molecule has 0 saturated carbocycles. The van der Waals surface area contributed by atoms with Crippen LogP contribution in [-0.2, 0) is 16.1 Å². The van der Waals surface area contributed by atoms with E-state index in [4.69, 9.17) is 4.74 Å². The molecule has 1 aliphatic heterocycles. The molecule has 1 aliphatic rings. The van der Waals surface area contributed by atoms with Gasteiger partial charge in [-0.15, -0.1) is 9.24 Å². The largest absolute Gasteiger partial charge is 0.376 e. The molecule has 0 radical (unpaired) electrons. The predicted octanol–water partition coefficient (Wildman–Crippen LogP) is 2.77. The second-order valence-corrected chi connectivity index (χ2v) is 9.17. The van der Waals surface area contributed by atoms with E-state index in [1.807, 2.05) is 30.3 Å². The van der Waals surface area contributed by atoms with Crippen LogP contribution in [0.2, 0.25) is 0 Å². The molecular formula is C19H30FN2O2P. The molecule has 1 N–H and O–H groups in total. The third-order valence-electron chi connectivity index (χ3n) is 4.33. The van der Waals surface area contributed by atoms with E-state index >= 15 is 0 Å². The third kappa shape index (κ3) is 6.65. The number of rotatable bonds is 7. The molecule has 4 atom stereocenters. The quantitative estimate of drug-likeness (QED) is 0.753. The van der Waals surface area contributed by atoms with E-state index in [1.54, 1.807) is 0 Å². The molecule has 1 saturated heterocycles. The highest BCUT2D eigenvalue weighted by Crippen LogP contribution is 2.26. The van der Waals surface area contributed by atoms with Crippen molar-refractivity contribution in [1.82, 2.24) is 10.2 Å². The Morgan fingerprint density at radius 1 is 1.40 bits per heavy atom. The Bertz CT molecular complexity index is 550. The molecule has 0 aromatic heterocycles. The van der Waals surface area contributed by atoms with Gasteiger partial charge in [-0.3, -0.25) is 9.69 Å². The number of amides is 1. The number of nitrogens with one attached hydrogen (secondary N) is 1. The van der Waals surface area contributed by atoms with Gasteiger partial charge in [-0.25, -0.2) is 4.39 Å². The first-order valence-corrected chi connectivity index (χ1v) is 9.38. The lowest BCUT2D eigenvalue weighted by Crippen LogP contribution is -2.59. The molecule has 1 amide bonds. The minimum Gasteiger partial charge on any atom is -0.376 e. The number of carbonyl (C=O) groups is 1. The van der Waals surface area contributed by atoms with Crippen LogP contribution in [-0.4, -0.2) is 54.0 Å². The molecule has 1 heterocycles. The van der Waals surface area contributed by atoms with Crippen molar-refractivity contribution in [3.05, 3.63) is 35.9 Å². The molecule has 4 nitrogen and oxygen atoms in total. The van der Waals surface area contributed by atoms with Gasteiger partial charge in [0.25, 0.3) is 0 Å². The molecule has 6 heteroatoms. The van der Waals surface area contributed by atoms with Crippen molar-refractivity contribution in [2.45, 2.75) is 57.1 Å². The first-order valence-electron chi connectivity index (χ1n) is 8.80. The van der Waals surface area contributed by atoms with Crippen molar-refractivity contribution in [1.29, 1.82) is 0 Å². The van der Waals surface area contributed by atoms with Crippen LogP contribution in [0, 0.1) is 0 Å². The molecule has 0 aliphatic carbocycles. The summed E-state index contributed by atoms with van der Waals surface area (Å²) < 4.78 is 20.0. The van der Waals surface area contributed by atoms with Gasteiger partial charge in [0.05, 0.1) is 18.8 Å². The fourth-order valence-corrected chi connectivity index (χ4v) is 3.35. The lowest BCUT2D eigenvalue weighted by molar-refractivity contribution is -0.121. The summed E-state index contributed by atoms with van der Waals surface area (Å²) in [5.41, 5.74) is 1.13. The Kier molecular flexibility index (Phi) is 7.36. The molecule has 1 aromatic carbocycles. The van der Waals surface area contributed by atoms with Crippen LogP contribution in [0.25, 0.3) is 0 Å². The average Bonchev–Trinajstić information content (AvgIpc) is 2.52. The summed E-state index contributed by atoms with van der Waals surface area (Å²) in [6.45, 7) is 7.01. The molecule has 1 fully saturated rings. The number of nitrogens with zero attached hydrogens (tertiary/aromatic N) is 1. The van der Waals surface area contributed by atoms with Gasteiger partial charge in [0.1, 0.15) is 6.67 Å². The Balaban J connectivity index is 2.14. The summed E-state index contributed by atoms with van der Waals surface area (Å²) in [6, 6.07) is 9.70. The Morgan fingerprint density at radius 3 is 2.64 bits per heavy atom. The fraction of sp³-hybridized carbons (Fsp3) is 0.632. The van der Waals surface area contributed by atoms with Gasteiger partial charge in [-0.2, -0.15) is 0 Å². The van der Waals surface area contributed by atoms with Crippen LogP contribution in [0.1, 0.15) is 32.8 Å². The second kappa shape index (κ2) is 9.07. The number of carbonyl (C=O) groups excluding carboxylic acids is 1. The van der Waals surface area contributed by atoms with Gasteiger partial charge in [0, 0.05) is 31.2 Å². The van der Waals surface area contributed by atoms with Crippen LogP contribution in [0.5, 0.6) is 0 Å². The zero-order valence-corrected chi connectivity index (χ0v) is 16.5. The van der Waals surface area contributed by atoms with Crippen LogP contribution in [0.4, 0.5) is 4.39 Å². The summed E-state index contributed by atoms with van der Waals surface area (Å²) >= 11 is 0. The van der Waals surface area contributed by atoms with Gasteiger partial charge in [0.15, 0.2) is 0 Å². The SMILES string of the molecule is CC(=O)NC1CC(OCC(C)(C)P)C(CF)N(Cc2ccccc2)C1. The molecular weight excluding hydrogens is 338 g/mol. The minimum atomic E-state index is -0.457.